The van der Waals surface area contributed by atoms with Crippen molar-refractivity contribution >= 4 is 16.8 Å². The Hall–Kier alpha value is -2.56. The fourth-order valence-electron chi connectivity index (χ4n) is 4.47. The third kappa shape index (κ3) is 3.05. The maximum Gasteiger partial charge on any atom is 0.256 e. The molecule has 2 aliphatic rings. The molecule has 3 aromatic rings. The monoisotopic (exact) mass is 362 g/mol. The van der Waals surface area contributed by atoms with Gasteiger partial charge in [-0.2, -0.15) is 0 Å². The molecular formula is C22H26N4O. The highest BCUT2D eigenvalue weighted by Gasteiger charge is 2.30. The second-order valence-electron chi connectivity index (χ2n) is 8.14. The molecule has 1 atom stereocenters. The minimum Gasteiger partial charge on any atom is -0.350 e. The van der Waals surface area contributed by atoms with Crippen molar-refractivity contribution in [2.24, 2.45) is 13.0 Å². The molecule has 5 nitrogen and oxygen atoms in total. The molecule has 2 aromatic heterocycles. The van der Waals surface area contributed by atoms with Gasteiger partial charge in [0.1, 0.15) is 5.82 Å². The highest BCUT2D eigenvalue weighted by Crippen LogP contribution is 2.33. The van der Waals surface area contributed by atoms with E-state index in [1.807, 2.05) is 47.1 Å². The Balaban J connectivity index is 1.39. The van der Waals surface area contributed by atoms with Crippen molar-refractivity contribution in [1.82, 2.24) is 19.0 Å². The highest BCUT2D eigenvalue weighted by atomic mass is 16.2. The molecule has 1 aliphatic heterocycles. The second kappa shape index (κ2) is 6.55. The normalized spacial score (nSPS) is 20.3. The first-order valence-corrected chi connectivity index (χ1v) is 10.0. The van der Waals surface area contributed by atoms with Gasteiger partial charge in [0.25, 0.3) is 5.91 Å². The third-order valence-electron chi connectivity index (χ3n) is 6.10. The molecule has 27 heavy (non-hydrogen) atoms. The van der Waals surface area contributed by atoms with E-state index in [4.69, 9.17) is 0 Å². The van der Waals surface area contributed by atoms with Gasteiger partial charge in [0.15, 0.2) is 0 Å². The quantitative estimate of drug-likeness (QED) is 0.708. The number of nitrogens with zero attached hydrogens (tertiary/aromatic N) is 4. The van der Waals surface area contributed by atoms with Crippen molar-refractivity contribution in [2.45, 2.75) is 38.1 Å². The standard InChI is InChI=1S/C22H26N4O/c1-24-15-19(18-6-2-3-7-20(18)24)22(27)26-11-4-5-17(14-26)21-23-10-12-25(21)13-16-8-9-16/h2-3,6-7,10,12,15-17H,4-5,8-9,11,13-14H2,1H3. The largest absolute Gasteiger partial charge is 0.350 e. The number of benzene rings is 1. The minimum absolute atomic E-state index is 0.150. The number of carbonyl (C=O) groups is 1. The van der Waals surface area contributed by atoms with Crippen LogP contribution >= 0.6 is 0 Å². The van der Waals surface area contributed by atoms with Gasteiger partial charge in [-0.25, -0.2) is 4.98 Å². The van der Waals surface area contributed by atoms with Gasteiger partial charge >= 0.3 is 0 Å². The first-order valence-electron chi connectivity index (χ1n) is 10.0. The lowest BCUT2D eigenvalue weighted by Gasteiger charge is -2.32. The SMILES string of the molecule is Cn1cc(C(=O)N2CCCC(c3nccn3CC3CC3)C2)c2ccccc21. The Labute approximate surface area is 159 Å². The molecular weight excluding hydrogens is 336 g/mol. The summed E-state index contributed by atoms with van der Waals surface area (Å²) in [6, 6.07) is 8.15. The summed E-state index contributed by atoms with van der Waals surface area (Å²) in [6.07, 6.45) is 10.8. The van der Waals surface area contributed by atoms with E-state index in [9.17, 15) is 4.79 Å². The van der Waals surface area contributed by atoms with Crippen LogP contribution in [0.15, 0.2) is 42.9 Å². The van der Waals surface area contributed by atoms with E-state index in [0.29, 0.717) is 5.92 Å². The van der Waals surface area contributed by atoms with Crippen LogP contribution in [0.3, 0.4) is 0 Å². The number of imidazole rings is 1. The van der Waals surface area contributed by atoms with Crippen molar-refractivity contribution in [3.8, 4) is 0 Å². The predicted molar refractivity (Wildman–Crippen MR) is 106 cm³/mol. The summed E-state index contributed by atoms with van der Waals surface area (Å²) in [6.45, 7) is 2.69. The van der Waals surface area contributed by atoms with E-state index in [1.54, 1.807) is 0 Å². The van der Waals surface area contributed by atoms with Gasteiger partial charge in [-0.1, -0.05) is 18.2 Å². The molecule has 140 valence electrons. The summed E-state index contributed by atoms with van der Waals surface area (Å²) < 4.78 is 4.38. The molecule has 1 amide bonds. The number of aryl methyl sites for hydroxylation is 1. The molecule has 1 saturated carbocycles. The number of likely N-dealkylation sites (tertiary alicyclic amines) is 1. The maximum atomic E-state index is 13.3. The third-order valence-corrected chi connectivity index (χ3v) is 6.10. The summed E-state index contributed by atoms with van der Waals surface area (Å²) in [5, 5.41) is 1.04. The summed E-state index contributed by atoms with van der Waals surface area (Å²) in [7, 11) is 2.01. The molecule has 0 radical (unpaired) electrons. The van der Waals surface area contributed by atoms with E-state index in [2.05, 4.69) is 21.8 Å². The molecule has 2 fully saturated rings. The van der Waals surface area contributed by atoms with Crippen LogP contribution < -0.4 is 0 Å². The molecule has 1 aliphatic carbocycles. The van der Waals surface area contributed by atoms with Crippen molar-refractivity contribution < 1.29 is 4.79 Å². The molecule has 5 rings (SSSR count). The van der Waals surface area contributed by atoms with Gasteiger partial charge in [0.05, 0.1) is 5.56 Å². The molecule has 3 heterocycles. The van der Waals surface area contributed by atoms with Crippen LogP contribution in [-0.2, 0) is 13.6 Å². The molecule has 0 bridgehead atoms. The maximum absolute atomic E-state index is 13.3. The van der Waals surface area contributed by atoms with E-state index < -0.39 is 0 Å². The number of amides is 1. The second-order valence-corrected chi connectivity index (χ2v) is 8.14. The number of aromatic nitrogens is 3. The van der Waals surface area contributed by atoms with E-state index >= 15 is 0 Å². The van der Waals surface area contributed by atoms with Gasteiger partial charge in [-0.15, -0.1) is 0 Å². The zero-order valence-corrected chi connectivity index (χ0v) is 15.8. The zero-order valence-electron chi connectivity index (χ0n) is 15.8. The van der Waals surface area contributed by atoms with Crippen LogP contribution in [0.4, 0.5) is 0 Å². The van der Waals surface area contributed by atoms with Crippen LogP contribution in [0.2, 0.25) is 0 Å². The Morgan fingerprint density at radius 2 is 2.07 bits per heavy atom. The minimum atomic E-state index is 0.150. The summed E-state index contributed by atoms with van der Waals surface area (Å²) in [5.74, 6) is 2.48. The summed E-state index contributed by atoms with van der Waals surface area (Å²) in [5.41, 5.74) is 1.92. The smallest absolute Gasteiger partial charge is 0.256 e. The number of rotatable bonds is 4. The Kier molecular flexibility index (Phi) is 4.03. The number of hydrogen-bond acceptors (Lipinski definition) is 2. The number of fused-ring (bicyclic) bond motifs is 1. The lowest BCUT2D eigenvalue weighted by molar-refractivity contribution is 0.0705. The van der Waals surface area contributed by atoms with Crippen molar-refractivity contribution in [2.75, 3.05) is 13.1 Å². The lowest BCUT2D eigenvalue weighted by atomic mass is 9.96. The average molecular weight is 362 g/mol. The van der Waals surface area contributed by atoms with Crippen molar-refractivity contribution in [3.63, 3.8) is 0 Å². The molecule has 1 aromatic carbocycles. The number of piperidine rings is 1. The average Bonchev–Trinajstić information content (AvgIpc) is 3.29. The first kappa shape index (κ1) is 16.6. The van der Waals surface area contributed by atoms with Crippen LogP contribution in [0.5, 0.6) is 0 Å². The van der Waals surface area contributed by atoms with Gasteiger partial charge in [0.2, 0.25) is 0 Å². The molecule has 0 spiro atoms. The van der Waals surface area contributed by atoms with Gasteiger partial charge in [-0.3, -0.25) is 4.79 Å². The fourth-order valence-corrected chi connectivity index (χ4v) is 4.47. The van der Waals surface area contributed by atoms with Crippen LogP contribution in [0.1, 0.15) is 47.8 Å². The molecule has 5 heteroatoms. The Bertz CT molecular complexity index is 981. The lowest BCUT2D eigenvalue weighted by Crippen LogP contribution is -2.39. The van der Waals surface area contributed by atoms with Gasteiger partial charge in [0, 0.05) is 62.1 Å². The van der Waals surface area contributed by atoms with Crippen LogP contribution in [0.25, 0.3) is 10.9 Å². The number of hydrogen-bond donors (Lipinski definition) is 0. The topological polar surface area (TPSA) is 43.1 Å². The molecule has 1 saturated heterocycles. The zero-order chi connectivity index (χ0) is 18.4. The summed E-state index contributed by atoms with van der Waals surface area (Å²) >= 11 is 0. The molecule has 1 unspecified atom stereocenters. The first-order chi connectivity index (χ1) is 13.2. The van der Waals surface area contributed by atoms with Crippen molar-refractivity contribution in [3.05, 3.63) is 54.2 Å². The molecule has 0 N–H and O–H groups in total. The van der Waals surface area contributed by atoms with E-state index in [-0.39, 0.29) is 5.91 Å². The van der Waals surface area contributed by atoms with E-state index in [1.165, 1.54) is 12.8 Å². The van der Waals surface area contributed by atoms with Gasteiger partial charge < -0.3 is 14.0 Å². The predicted octanol–water partition coefficient (Wildman–Crippen LogP) is 3.80. The van der Waals surface area contributed by atoms with Crippen molar-refractivity contribution in [1.29, 1.82) is 0 Å². The Morgan fingerprint density at radius 1 is 1.22 bits per heavy atom. The number of carbonyl (C=O) groups excluding carboxylic acids is 1. The van der Waals surface area contributed by atoms with Crippen LogP contribution in [-0.4, -0.2) is 38.0 Å². The number of para-hydroxylation sites is 1. The highest BCUT2D eigenvalue weighted by molar-refractivity contribution is 6.07. The van der Waals surface area contributed by atoms with Crippen LogP contribution in [0, 0.1) is 5.92 Å². The summed E-state index contributed by atoms with van der Waals surface area (Å²) in [4.78, 5) is 20.0. The Morgan fingerprint density at radius 3 is 2.93 bits per heavy atom. The van der Waals surface area contributed by atoms with E-state index in [0.717, 1.165) is 60.7 Å². The van der Waals surface area contributed by atoms with Gasteiger partial charge in [-0.05, 0) is 37.7 Å². The fraction of sp³-hybridized carbons (Fsp3) is 0.455.